The van der Waals surface area contributed by atoms with Crippen LogP contribution in [0.15, 0.2) is 40.8 Å². The van der Waals surface area contributed by atoms with E-state index in [9.17, 15) is 4.79 Å². The highest BCUT2D eigenvalue weighted by Crippen LogP contribution is 2.30. The SMILES string of the molecule is CN(C)C(=O)c1nnc(Cc2nc3ccc(C4=CC=CCC4)cc3s2)o1. The van der Waals surface area contributed by atoms with Gasteiger partial charge in [0.1, 0.15) is 5.01 Å². The van der Waals surface area contributed by atoms with Crippen LogP contribution in [0.3, 0.4) is 0 Å². The number of aromatic nitrogens is 3. The van der Waals surface area contributed by atoms with E-state index in [0.29, 0.717) is 12.3 Å². The van der Waals surface area contributed by atoms with Gasteiger partial charge in [0.05, 0.1) is 16.6 Å². The number of carbonyl (C=O) groups excluding carboxylic acids is 1. The average molecular weight is 366 g/mol. The van der Waals surface area contributed by atoms with Gasteiger partial charge in [-0.25, -0.2) is 4.98 Å². The molecule has 0 saturated heterocycles. The van der Waals surface area contributed by atoms with E-state index >= 15 is 0 Å². The van der Waals surface area contributed by atoms with Gasteiger partial charge in [0, 0.05) is 14.1 Å². The molecule has 132 valence electrons. The third-order valence-electron chi connectivity index (χ3n) is 4.18. The molecule has 2 heterocycles. The van der Waals surface area contributed by atoms with E-state index in [1.165, 1.54) is 16.0 Å². The molecule has 0 saturated carbocycles. The number of benzene rings is 1. The number of allylic oxidation sites excluding steroid dienone is 4. The molecular weight excluding hydrogens is 348 g/mol. The van der Waals surface area contributed by atoms with Gasteiger partial charge < -0.3 is 9.32 Å². The summed E-state index contributed by atoms with van der Waals surface area (Å²) in [5.41, 5.74) is 3.56. The molecule has 2 aromatic heterocycles. The van der Waals surface area contributed by atoms with Crippen molar-refractivity contribution in [2.75, 3.05) is 14.1 Å². The number of hydrogen-bond acceptors (Lipinski definition) is 6. The average Bonchev–Trinajstić information content (AvgIpc) is 3.27. The van der Waals surface area contributed by atoms with Crippen molar-refractivity contribution >= 4 is 33.0 Å². The number of nitrogens with zero attached hydrogens (tertiary/aromatic N) is 4. The molecular formula is C19H18N4O2S. The zero-order valence-electron chi connectivity index (χ0n) is 14.6. The molecule has 6 nitrogen and oxygen atoms in total. The van der Waals surface area contributed by atoms with Crippen LogP contribution in [0.25, 0.3) is 15.8 Å². The first-order chi connectivity index (χ1) is 12.6. The minimum atomic E-state index is -0.299. The molecule has 0 N–H and O–H groups in total. The summed E-state index contributed by atoms with van der Waals surface area (Å²) in [4.78, 5) is 17.9. The maximum Gasteiger partial charge on any atom is 0.310 e. The standard InChI is InChI=1S/C19H18N4O2S/c1-23(2)19(24)18-22-21-16(25-18)11-17-20-14-9-8-13(10-15(14)26-17)12-6-4-3-5-7-12/h3-4,6,8-10H,5,7,11H2,1-2H3. The Kier molecular flexibility index (Phi) is 4.38. The van der Waals surface area contributed by atoms with Crippen molar-refractivity contribution in [3.63, 3.8) is 0 Å². The molecule has 0 radical (unpaired) electrons. The van der Waals surface area contributed by atoms with E-state index in [2.05, 4.69) is 51.6 Å². The second-order valence-electron chi connectivity index (χ2n) is 6.33. The first-order valence-corrected chi connectivity index (χ1v) is 9.21. The first-order valence-electron chi connectivity index (χ1n) is 8.40. The number of hydrogen-bond donors (Lipinski definition) is 0. The van der Waals surface area contributed by atoms with Crippen molar-refractivity contribution in [2.24, 2.45) is 0 Å². The molecule has 1 aromatic carbocycles. The van der Waals surface area contributed by atoms with Gasteiger partial charge in [-0.15, -0.1) is 21.5 Å². The number of rotatable bonds is 4. The Morgan fingerprint density at radius 2 is 2.19 bits per heavy atom. The highest BCUT2D eigenvalue weighted by Gasteiger charge is 2.18. The third kappa shape index (κ3) is 3.30. The van der Waals surface area contributed by atoms with Crippen LogP contribution in [0.1, 0.15) is 40.0 Å². The van der Waals surface area contributed by atoms with E-state index in [0.717, 1.165) is 28.1 Å². The second kappa shape index (κ2) is 6.84. The maximum absolute atomic E-state index is 11.8. The minimum absolute atomic E-state index is 0.00527. The normalized spacial score (nSPS) is 13.8. The minimum Gasteiger partial charge on any atom is -0.416 e. The molecule has 0 aliphatic heterocycles. The van der Waals surface area contributed by atoms with Gasteiger partial charge in [-0.2, -0.15) is 0 Å². The number of thiazole rings is 1. The summed E-state index contributed by atoms with van der Waals surface area (Å²) in [7, 11) is 3.30. The Balaban J connectivity index is 1.57. The largest absolute Gasteiger partial charge is 0.416 e. The predicted octanol–water partition coefficient (Wildman–Crippen LogP) is 3.71. The van der Waals surface area contributed by atoms with Gasteiger partial charge >= 0.3 is 11.8 Å². The Morgan fingerprint density at radius 3 is 2.96 bits per heavy atom. The highest BCUT2D eigenvalue weighted by atomic mass is 32.1. The molecule has 26 heavy (non-hydrogen) atoms. The Bertz CT molecular complexity index is 1030. The molecule has 0 atom stereocenters. The quantitative estimate of drug-likeness (QED) is 0.704. The molecule has 4 rings (SSSR count). The monoisotopic (exact) mass is 366 g/mol. The van der Waals surface area contributed by atoms with Crippen LogP contribution < -0.4 is 0 Å². The number of amides is 1. The van der Waals surface area contributed by atoms with Crippen LogP contribution >= 0.6 is 11.3 Å². The molecule has 1 aliphatic rings. The van der Waals surface area contributed by atoms with Crippen LogP contribution in [0.2, 0.25) is 0 Å². The molecule has 3 aromatic rings. The summed E-state index contributed by atoms with van der Waals surface area (Å²) in [6.45, 7) is 0. The molecule has 7 heteroatoms. The van der Waals surface area contributed by atoms with Crippen molar-refractivity contribution in [3.05, 3.63) is 58.8 Å². The fraction of sp³-hybridized carbons (Fsp3) is 0.263. The summed E-state index contributed by atoms with van der Waals surface area (Å²) < 4.78 is 6.60. The molecule has 0 fully saturated rings. The fourth-order valence-electron chi connectivity index (χ4n) is 2.82. The number of carbonyl (C=O) groups is 1. The van der Waals surface area contributed by atoms with Crippen molar-refractivity contribution in [1.29, 1.82) is 0 Å². The van der Waals surface area contributed by atoms with Crippen LogP contribution in [0.5, 0.6) is 0 Å². The smallest absolute Gasteiger partial charge is 0.310 e. The Morgan fingerprint density at radius 1 is 1.31 bits per heavy atom. The van der Waals surface area contributed by atoms with Gasteiger partial charge in [0.25, 0.3) is 0 Å². The van der Waals surface area contributed by atoms with Crippen molar-refractivity contribution < 1.29 is 9.21 Å². The predicted molar refractivity (Wildman–Crippen MR) is 101 cm³/mol. The molecule has 1 amide bonds. The van der Waals surface area contributed by atoms with Gasteiger partial charge in [0.15, 0.2) is 0 Å². The summed E-state index contributed by atoms with van der Waals surface area (Å²) in [5, 5.41) is 8.67. The molecule has 0 unspecified atom stereocenters. The van der Waals surface area contributed by atoms with Crippen molar-refractivity contribution in [1.82, 2.24) is 20.1 Å². The lowest BCUT2D eigenvalue weighted by molar-refractivity contribution is 0.0787. The second-order valence-corrected chi connectivity index (χ2v) is 7.44. The van der Waals surface area contributed by atoms with E-state index in [1.807, 2.05) is 0 Å². The first kappa shape index (κ1) is 16.7. The summed E-state index contributed by atoms with van der Waals surface area (Å²) >= 11 is 1.61. The van der Waals surface area contributed by atoms with Crippen LogP contribution in [-0.4, -0.2) is 40.1 Å². The van der Waals surface area contributed by atoms with Crippen LogP contribution in [0, 0.1) is 0 Å². The fourth-order valence-corrected chi connectivity index (χ4v) is 3.82. The lowest BCUT2D eigenvalue weighted by atomic mass is 9.97. The molecule has 1 aliphatic carbocycles. The van der Waals surface area contributed by atoms with Gasteiger partial charge in [0.2, 0.25) is 5.89 Å². The van der Waals surface area contributed by atoms with E-state index < -0.39 is 0 Å². The topological polar surface area (TPSA) is 72.1 Å². The van der Waals surface area contributed by atoms with E-state index in [4.69, 9.17) is 4.42 Å². The highest BCUT2D eigenvalue weighted by molar-refractivity contribution is 7.18. The van der Waals surface area contributed by atoms with E-state index in [-0.39, 0.29) is 11.8 Å². The zero-order valence-corrected chi connectivity index (χ0v) is 15.4. The molecule has 0 bridgehead atoms. The Hall–Kier alpha value is -2.80. The molecule has 0 spiro atoms. The summed E-state index contributed by atoms with van der Waals surface area (Å²) in [6.07, 6.45) is 9.05. The maximum atomic E-state index is 11.8. The van der Waals surface area contributed by atoms with Gasteiger partial charge in [-0.3, -0.25) is 4.79 Å². The lowest BCUT2D eigenvalue weighted by Crippen LogP contribution is -2.21. The third-order valence-corrected chi connectivity index (χ3v) is 5.19. The van der Waals surface area contributed by atoms with Crippen LogP contribution in [-0.2, 0) is 6.42 Å². The van der Waals surface area contributed by atoms with E-state index in [1.54, 1.807) is 25.4 Å². The summed E-state index contributed by atoms with van der Waals surface area (Å²) in [6, 6.07) is 6.37. The van der Waals surface area contributed by atoms with Crippen molar-refractivity contribution in [2.45, 2.75) is 19.3 Å². The van der Waals surface area contributed by atoms with Crippen LogP contribution in [0.4, 0.5) is 0 Å². The lowest BCUT2D eigenvalue weighted by Gasteiger charge is -2.08. The summed E-state index contributed by atoms with van der Waals surface area (Å²) in [5.74, 6) is 0.104. The van der Waals surface area contributed by atoms with Crippen molar-refractivity contribution in [3.8, 4) is 0 Å². The number of fused-ring (bicyclic) bond motifs is 1. The van der Waals surface area contributed by atoms with Gasteiger partial charge in [-0.05, 0) is 36.1 Å². The zero-order chi connectivity index (χ0) is 18.1. The van der Waals surface area contributed by atoms with Gasteiger partial charge in [-0.1, -0.05) is 24.3 Å². The Labute approximate surface area is 154 Å².